The Morgan fingerprint density at radius 2 is 2.00 bits per heavy atom. The molecule has 0 saturated heterocycles. The van der Waals surface area contributed by atoms with E-state index in [0.29, 0.717) is 41.3 Å². The lowest BCUT2D eigenvalue weighted by Gasteiger charge is -2.20. The van der Waals surface area contributed by atoms with E-state index >= 15 is 0 Å². The fraction of sp³-hybridized carbons (Fsp3) is 0.250. The molecule has 88 valence electrons. The lowest BCUT2D eigenvalue weighted by atomic mass is 10.1. The van der Waals surface area contributed by atoms with Gasteiger partial charge in [-0.05, 0) is 18.2 Å². The molecule has 3 rings (SSSR count). The van der Waals surface area contributed by atoms with Gasteiger partial charge in [-0.15, -0.1) is 0 Å². The van der Waals surface area contributed by atoms with Crippen LogP contribution in [-0.4, -0.2) is 17.8 Å². The first-order chi connectivity index (χ1) is 8.18. The van der Waals surface area contributed by atoms with Gasteiger partial charge in [-0.1, -0.05) is 0 Å². The topological polar surface area (TPSA) is 66.5 Å². The molecule has 17 heavy (non-hydrogen) atoms. The first-order valence-electron chi connectivity index (χ1n) is 5.36. The predicted octanol–water partition coefficient (Wildman–Crippen LogP) is 0.892. The number of nitrogen functional groups attached to an aromatic ring is 1. The third kappa shape index (κ3) is 1.35. The molecule has 0 aliphatic carbocycles. The van der Waals surface area contributed by atoms with E-state index in [1.54, 1.807) is 25.2 Å². The van der Waals surface area contributed by atoms with Crippen molar-refractivity contribution in [1.29, 1.82) is 0 Å². The molecular formula is C12H12N2O3. The van der Waals surface area contributed by atoms with Crippen molar-refractivity contribution in [3.63, 3.8) is 0 Å². The number of nitrogens with zero attached hydrogens (tertiary/aromatic N) is 1. The highest BCUT2D eigenvalue weighted by atomic mass is 16.6. The average molecular weight is 232 g/mol. The van der Waals surface area contributed by atoms with E-state index in [4.69, 9.17) is 15.2 Å². The Labute approximate surface area is 97.4 Å². The highest BCUT2D eigenvalue weighted by molar-refractivity contribution is 5.91. The molecule has 0 unspecified atom stereocenters. The normalized spacial score (nSPS) is 13.9. The van der Waals surface area contributed by atoms with Crippen LogP contribution in [0.5, 0.6) is 11.5 Å². The molecule has 2 aromatic rings. The Morgan fingerprint density at radius 3 is 2.82 bits per heavy atom. The Kier molecular flexibility index (Phi) is 2.01. The quantitative estimate of drug-likeness (QED) is 0.732. The summed E-state index contributed by atoms with van der Waals surface area (Å²) in [4.78, 5) is 12.0. The van der Waals surface area contributed by atoms with Crippen LogP contribution in [0, 0.1) is 0 Å². The maximum Gasteiger partial charge on any atom is 0.259 e. The first kappa shape index (κ1) is 10.0. The summed E-state index contributed by atoms with van der Waals surface area (Å²) in [6, 6.07) is 5.24. The molecule has 1 aliphatic rings. The largest absolute Gasteiger partial charge is 0.486 e. The number of aromatic nitrogens is 1. The number of rotatable bonds is 0. The van der Waals surface area contributed by atoms with Gasteiger partial charge < -0.3 is 15.2 Å². The molecule has 0 fully saturated rings. The van der Waals surface area contributed by atoms with Crippen LogP contribution >= 0.6 is 0 Å². The third-order valence-corrected chi connectivity index (χ3v) is 2.96. The van der Waals surface area contributed by atoms with Crippen LogP contribution in [0.2, 0.25) is 0 Å². The summed E-state index contributed by atoms with van der Waals surface area (Å²) in [5.74, 6) is 1.68. The number of pyridine rings is 1. The Balaban J connectivity index is 2.44. The molecule has 2 heterocycles. The summed E-state index contributed by atoms with van der Waals surface area (Å²) >= 11 is 0. The van der Waals surface area contributed by atoms with Crippen LogP contribution < -0.4 is 20.8 Å². The fourth-order valence-corrected chi connectivity index (χ4v) is 2.01. The molecule has 0 saturated carbocycles. The summed E-state index contributed by atoms with van der Waals surface area (Å²) < 4.78 is 12.4. The molecule has 0 spiro atoms. The monoisotopic (exact) mass is 232 g/mol. The van der Waals surface area contributed by atoms with Gasteiger partial charge in [0.05, 0.1) is 5.39 Å². The Hall–Kier alpha value is -2.17. The van der Waals surface area contributed by atoms with Gasteiger partial charge in [0.15, 0.2) is 11.5 Å². The number of hydrogen-bond acceptors (Lipinski definition) is 4. The minimum atomic E-state index is -0.128. The van der Waals surface area contributed by atoms with Crippen LogP contribution in [0.4, 0.5) is 5.82 Å². The summed E-state index contributed by atoms with van der Waals surface area (Å²) in [5.41, 5.74) is 5.66. The van der Waals surface area contributed by atoms with Crippen LogP contribution in [-0.2, 0) is 7.05 Å². The minimum Gasteiger partial charge on any atom is -0.486 e. The van der Waals surface area contributed by atoms with Crippen molar-refractivity contribution < 1.29 is 9.47 Å². The summed E-state index contributed by atoms with van der Waals surface area (Å²) in [5, 5.41) is 1.30. The van der Waals surface area contributed by atoms with E-state index in [1.807, 2.05) is 0 Å². The maximum absolute atomic E-state index is 12.0. The maximum atomic E-state index is 12.0. The van der Waals surface area contributed by atoms with Gasteiger partial charge in [0.2, 0.25) is 0 Å². The number of anilines is 1. The molecule has 5 heteroatoms. The van der Waals surface area contributed by atoms with Gasteiger partial charge in [-0.3, -0.25) is 9.36 Å². The van der Waals surface area contributed by atoms with Crippen LogP contribution in [0.3, 0.4) is 0 Å². The second-order valence-corrected chi connectivity index (χ2v) is 3.98. The zero-order chi connectivity index (χ0) is 12.0. The standard InChI is InChI=1S/C12H12N2O3/c1-14-10(13)6-8-7(12(14)15)2-3-9-11(8)17-5-4-16-9/h2-3,6H,4-5,13H2,1H3. The number of benzene rings is 1. The highest BCUT2D eigenvalue weighted by Gasteiger charge is 2.17. The fourth-order valence-electron chi connectivity index (χ4n) is 2.01. The number of fused-ring (bicyclic) bond motifs is 3. The van der Waals surface area contributed by atoms with E-state index in [2.05, 4.69) is 0 Å². The summed E-state index contributed by atoms with van der Waals surface area (Å²) in [7, 11) is 1.65. The highest BCUT2D eigenvalue weighted by Crippen LogP contribution is 2.36. The lowest BCUT2D eigenvalue weighted by molar-refractivity contribution is 0.174. The van der Waals surface area contributed by atoms with Crippen molar-refractivity contribution in [1.82, 2.24) is 4.57 Å². The molecule has 1 aromatic heterocycles. The molecule has 5 nitrogen and oxygen atoms in total. The molecule has 2 N–H and O–H groups in total. The van der Waals surface area contributed by atoms with Gasteiger partial charge in [-0.25, -0.2) is 0 Å². The predicted molar refractivity (Wildman–Crippen MR) is 64.6 cm³/mol. The van der Waals surface area contributed by atoms with E-state index in [0.717, 1.165) is 0 Å². The average Bonchev–Trinajstić information content (AvgIpc) is 2.36. The van der Waals surface area contributed by atoms with Gasteiger partial charge in [-0.2, -0.15) is 0 Å². The van der Waals surface area contributed by atoms with Crippen molar-refractivity contribution in [3.05, 3.63) is 28.6 Å². The molecule has 0 amide bonds. The molecule has 0 bridgehead atoms. The van der Waals surface area contributed by atoms with Crippen LogP contribution in [0.1, 0.15) is 0 Å². The molecule has 1 aliphatic heterocycles. The second-order valence-electron chi connectivity index (χ2n) is 3.98. The minimum absolute atomic E-state index is 0.128. The number of ether oxygens (including phenoxy) is 2. The van der Waals surface area contributed by atoms with Crippen molar-refractivity contribution in [2.75, 3.05) is 18.9 Å². The smallest absolute Gasteiger partial charge is 0.259 e. The number of hydrogen-bond donors (Lipinski definition) is 1. The molecular weight excluding hydrogens is 220 g/mol. The lowest BCUT2D eigenvalue weighted by Crippen LogP contribution is -2.21. The van der Waals surface area contributed by atoms with E-state index in [-0.39, 0.29) is 5.56 Å². The van der Waals surface area contributed by atoms with Crippen molar-refractivity contribution >= 4 is 16.6 Å². The zero-order valence-electron chi connectivity index (χ0n) is 9.40. The third-order valence-electron chi connectivity index (χ3n) is 2.96. The van der Waals surface area contributed by atoms with Gasteiger partial charge in [0.25, 0.3) is 5.56 Å². The van der Waals surface area contributed by atoms with Crippen molar-refractivity contribution in [3.8, 4) is 11.5 Å². The second kappa shape index (κ2) is 3.41. The molecule has 1 aromatic carbocycles. The number of nitrogens with two attached hydrogens (primary N) is 1. The molecule has 0 radical (unpaired) electrons. The summed E-state index contributed by atoms with van der Waals surface area (Å²) in [6.45, 7) is 1.01. The summed E-state index contributed by atoms with van der Waals surface area (Å²) in [6.07, 6.45) is 0. The molecule has 0 atom stereocenters. The first-order valence-corrected chi connectivity index (χ1v) is 5.36. The van der Waals surface area contributed by atoms with E-state index < -0.39 is 0 Å². The zero-order valence-corrected chi connectivity index (χ0v) is 9.40. The van der Waals surface area contributed by atoms with E-state index in [1.165, 1.54) is 4.57 Å². The van der Waals surface area contributed by atoms with E-state index in [9.17, 15) is 4.79 Å². The van der Waals surface area contributed by atoms with Crippen molar-refractivity contribution in [2.45, 2.75) is 0 Å². The van der Waals surface area contributed by atoms with Crippen LogP contribution in [0.15, 0.2) is 23.0 Å². The SMILES string of the molecule is Cn1c(N)cc2c3c(ccc2c1=O)OCCO3. The van der Waals surface area contributed by atoms with Crippen molar-refractivity contribution in [2.24, 2.45) is 7.05 Å². The van der Waals surface area contributed by atoms with Gasteiger partial charge >= 0.3 is 0 Å². The Morgan fingerprint density at radius 1 is 1.24 bits per heavy atom. The Bertz CT molecular complexity index is 661. The van der Waals surface area contributed by atoms with Crippen LogP contribution in [0.25, 0.3) is 10.8 Å². The van der Waals surface area contributed by atoms with Gasteiger partial charge in [0, 0.05) is 12.4 Å². The van der Waals surface area contributed by atoms with Gasteiger partial charge in [0.1, 0.15) is 19.0 Å².